The van der Waals surface area contributed by atoms with Gasteiger partial charge >= 0.3 is 5.97 Å². The quantitative estimate of drug-likeness (QED) is 0.491. The third kappa shape index (κ3) is 3.86. The van der Waals surface area contributed by atoms with E-state index in [4.69, 9.17) is 19.9 Å². The summed E-state index contributed by atoms with van der Waals surface area (Å²) < 4.78 is 16.6. The minimum Gasteiger partial charge on any atom is -0.482 e. The van der Waals surface area contributed by atoms with Crippen LogP contribution in [-0.2, 0) is 4.79 Å². The second kappa shape index (κ2) is 8.31. The molecule has 2 N–H and O–H groups in total. The van der Waals surface area contributed by atoms with E-state index in [1.54, 1.807) is 24.3 Å². The zero-order valence-electron chi connectivity index (χ0n) is 16.1. The molecule has 0 spiro atoms. The molecular formula is C23H18N2O4S. The van der Waals surface area contributed by atoms with Crippen LogP contribution in [0.15, 0.2) is 71.4 Å². The maximum absolute atomic E-state index is 12.2. The van der Waals surface area contributed by atoms with Crippen molar-refractivity contribution in [3.8, 4) is 23.3 Å². The first-order chi connectivity index (χ1) is 14.6. The number of nitrogens with two attached hydrogens (primary N) is 1. The smallest absolute Gasteiger partial charge is 0.349 e. The van der Waals surface area contributed by atoms with Crippen LogP contribution in [0.5, 0.6) is 17.2 Å². The topological polar surface area (TPSA) is 94.6 Å². The van der Waals surface area contributed by atoms with E-state index in [9.17, 15) is 10.1 Å². The van der Waals surface area contributed by atoms with Gasteiger partial charge in [-0.15, -0.1) is 11.3 Å². The van der Waals surface area contributed by atoms with Crippen LogP contribution in [0.4, 0.5) is 0 Å². The summed E-state index contributed by atoms with van der Waals surface area (Å²) in [6.07, 6.45) is 0. The average Bonchev–Trinajstić information content (AvgIpc) is 3.26. The molecular weight excluding hydrogens is 400 g/mol. The first-order valence-corrected chi connectivity index (χ1v) is 10.1. The van der Waals surface area contributed by atoms with Gasteiger partial charge in [0.15, 0.2) is 6.61 Å². The van der Waals surface area contributed by atoms with Crippen LogP contribution >= 0.6 is 11.3 Å². The average molecular weight is 418 g/mol. The van der Waals surface area contributed by atoms with Crippen molar-refractivity contribution in [2.75, 3.05) is 6.61 Å². The highest BCUT2D eigenvalue weighted by atomic mass is 32.1. The lowest BCUT2D eigenvalue weighted by Gasteiger charge is -2.25. The molecule has 0 radical (unpaired) electrons. The lowest BCUT2D eigenvalue weighted by molar-refractivity contribution is -0.136. The fraction of sp³-hybridized carbons (Fsp3) is 0.130. The Labute approximate surface area is 177 Å². The molecule has 2 heterocycles. The highest BCUT2D eigenvalue weighted by molar-refractivity contribution is 7.10. The number of thiophene rings is 1. The highest BCUT2D eigenvalue weighted by Gasteiger charge is 2.31. The van der Waals surface area contributed by atoms with Crippen LogP contribution in [0.3, 0.4) is 0 Å². The van der Waals surface area contributed by atoms with Crippen LogP contribution in [0.2, 0.25) is 0 Å². The fourth-order valence-corrected chi connectivity index (χ4v) is 4.12. The van der Waals surface area contributed by atoms with Crippen molar-refractivity contribution in [2.45, 2.75) is 12.8 Å². The zero-order chi connectivity index (χ0) is 21.1. The first kappa shape index (κ1) is 19.6. The van der Waals surface area contributed by atoms with E-state index >= 15 is 0 Å². The number of benzene rings is 2. The van der Waals surface area contributed by atoms with Gasteiger partial charge in [-0.25, -0.2) is 4.79 Å². The van der Waals surface area contributed by atoms with Crippen LogP contribution < -0.4 is 19.9 Å². The molecule has 0 saturated heterocycles. The van der Waals surface area contributed by atoms with Gasteiger partial charge in [-0.2, -0.15) is 5.26 Å². The molecule has 150 valence electrons. The van der Waals surface area contributed by atoms with Crippen LogP contribution in [0.1, 0.15) is 21.9 Å². The van der Waals surface area contributed by atoms with Crippen molar-refractivity contribution >= 4 is 17.3 Å². The van der Waals surface area contributed by atoms with Crippen molar-refractivity contribution in [3.05, 3.63) is 87.4 Å². The van der Waals surface area contributed by atoms with E-state index in [1.165, 1.54) is 11.3 Å². The Bertz CT molecular complexity index is 1160. The van der Waals surface area contributed by atoms with E-state index in [-0.39, 0.29) is 18.4 Å². The lowest BCUT2D eigenvalue weighted by Crippen LogP contribution is -2.21. The number of para-hydroxylation sites is 1. The number of carbonyl (C=O) groups is 1. The predicted octanol–water partition coefficient (Wildman–Crippen LogP) is 4.26. The van der Waals surface area contributed by atoms with Crippen molar-refractivity contribution in [3.63, 3.8) is 0 Å². The zero-order valence-corrected chi connectivity index (χ0v) is 16.9. The number of nitriles is 1. The number of hydrogen-bond donors (Lipinski definition) is 1. The number of carbonyl (C=O) groups excluding carboxylic acids is 1. The molecule has 1 unspecified atom stereocenters. The molecule has 0 aliphatic carbocycles. The maximum atomic E-state index is 12.2. The maximum Gasteiger partial charge on any atom is 0.349 e. The van der Waals surface area contributed by atoms with Crippen molar-refractivity contribution in [2.24, 2.45) is 5.73 Å². The van der Waals surface area contributed by atoms with E-state index in [1.807, 2.05) is 42.6 Å². The molecule has 2 aromatic carbocycles. The summed E-state index contributed by atoms with van der Waals surface area (Å²) in [7, 11) is 0. The molecule has 1 aliphatic heterocycles. The Hall–Kier alpha value is -3.76. The Morgan fingerprint density at radius 3 is 2.80 bits per heavy atom. The molecule has 0 fully saturated rings. The number of rotatable bonds is 5. The summed E-state index contributed by atoms with van der Waals surface area (Å²) in [4.78, 5) is 13.2. The van der Waals surface area contributed by atoms with Gasteiger partial charge in [-0.3, -0.25) is 0 Å². The van der Waals surface area contributed by atoms with Crippen LogP contribution in [-0.4, -0.2) is 12.6 Å². The summed E-state index contributed by atoms with van der Waals surface area (Å²) in [6, 6.07) is 18.5. The van der Waals surface area contributed by atoms with E-state index in [0.717, 1.165) is 16.0 Å². The lowest BCUT2D eigenvalue weighted by atomic mass is 9.88. The molecule has 30 heavy (non-hydrogen) atoms. The number of hydrogen-bond acceptors (Lipinski definition) is 7. The van der Waals surface area contributed by atoms with E-state index in [2.05, 4.69) is 6.07 Å². The van der Waals surface area contributed by atoms with Gasteiger partial charge in [-0.05, 0) is 36.1 Å². The summed E-state index contributed by atoms with van der Waals surface area (Å²) in [5, 5.41) is 11.5. The van der Waals surface area contributed by atoms with Gasteiger partial charge < -0.3 is 19.9 Å². The summed E-state index contributed by atoms with van der Waals surface area (Å²) >= 11 is 1.54. The SMILES string of the molecule is Cc1ccccc1OCC(=O)Oc1ccc2c(c1)OC(N)=C(C#N)C2c1cccs1. The monoisotopic (exact) mass is 418 g/mol. The van der Waals surface area contributed by atoms with Crippen molar-refractivity contribution < 1.29 is 19.0 Å². The highest BCUT2D eigenvalue weighted by Crippen LogP contribution is 2.44. The summed E-state index contributed by atoms with van der Waals surface area (Å²) in [5.74, 6) is 0.594. The van der Waals surface area contributed by atoms with Gasteiger partial charge in [0.1, 0.15) is 28.9 Å². The molecule has 1 aliphatic rings. The van der Waals surface area contributed by atoms with Crippen molar-refractivity contribution in [1.82, 2.24) is 0 Å². The van der Waals surface area contributed by atoms with Gasteiger partial charge in [0.2, 0.25) is 5.88 Å². The largest absolute Gasteiger partial charge is 0.482 e. The number of allylic oxidation sites excluding steroid dienone is 1. The molecule has 1 atom stereocenters. The molecule has 0 amide bonds. The fourth-order valence-electron chi connectivity index (χ4n) is 3.26. The molecule has 1 aromatic heterocycles. The standard InChI is InChI=1S/C23H18N2O4S/c1-14-5-2-3-6-18(14)27-13-21(26)28-15-8-9-16-19(11-15)29-23(25)17(12-24)22(16)20-7-4-10-30-20/h2-11,22H,13,25H2,1H3. The second-order valence-electron chi connectivity index (χ2n) is 6.67. The normalized spacial score (nSPS) is 15.0. The Morgan fingerprint density at radius 1 is 1.23 bits per heavy atom. The second-order valence-corrected chi connectivity index (χ2v) is 7.65. The third-order valence-electron chi connectivity index (χ3n) is 4.69. The molecule has 0 bridgehead atoms. The van der Waals surface area contributed by atoms with Gasteiger partial charge in [0.05, 0.1) is 5.92 Å². The Kier molecular flexibility index (Phi) is 5.42. The third-order valence-corrected chi connectivity index (χ3v) is 5.63. The molecule has 6 nitrogen and oxygen atoms in total. The Balaban J connectivity index is 1.52. The first-order valence-electron chi connectivity index (χ1n) is 9.21. The van der Waals surface area contributed by atoms with Gasteiger partial charge in [0, 0.05) is 16.5 Å². The number of ether oxygens (including phenoxy) is 3. The van der Waals surface area contributed by atoms with Crippen LogP contribution in [0, 0.1) is 18.3 Å². The number of esters is 1. The van der Waals surface area contributed by atoms with E-state index in [0.29, 0.717) is 22.8 Å². The minimum absolute atomic E-state index is 0.0507. The van der Waals surface area contributed by atoms with Crippen molar-refractivity contribution in [1.29, 1.82) is 5.26 Å². The predicted molar refractivity (Wildman–Crippen MR) is 112 cm³/mol. The Morgan fingerprint density at radius 2 is 2.07 bits per heavy atom. The molecule has 3 aromatic rings. The number of fused-ring (bicyclic) bond motifs is 1. The summed E-state index contributed by atoms with van der Waals surface area (Å²) in [5.41, 5.74) is 8.08. The molecule has 7 heteroatoms. The van der Waals surface area contributed by atoms with Gasteiger partial charge in [0.25, 0.3) is 0 Å². The number of aryl methyl sites for hydroxylation is 1. The molecule has 4 rings (SSSR count). The van der Waals surface area contributed by atoms with E-state index < -0.39 is 5.97 Å². The number of nitrogens with zero attached hydrogens (tertiary/aromatic N) is 1. The van der Waals surface area contributed by atoms with Gasteiger partial charge in [-0.1, -0.05) is 30.3 Å². The summed E-state index contributed by atoms with van der Waals surface area (Å²) in [6.45, 7) is 1.68. The minimum atomic E-state index is -0.537. The van der Waals surface area contributed by atoms with Crippen LogP contribution in [0.25, 0.3) is 0 Å². The molecule has 0 saturated carbocycles.